The lowest BCUT2D eigenvalue weighted by atomic mass is 10.1. The number of aromatic nitrogens is 2. The molecular weight excluding hydrogens is 316 g/mol. The van der Waals surface area contributed by atoms with Crippen LogP contribution in [0.15, 0.2) is 4.52 Å². The van der Waals surface area contributed by atoms with Crippen molar-refractivity contribution in [2.45, 2.75) is 58.5 Å². The van der Waals surface area contributed by atoms with Gasteiger partial charge >= 0.3 is 0 Å². The standard InChI is InChI=1S/C15H28N4O3S/c1-4-5-11-23(20,21)19-9-6-7-14(8-10-19)18(3)12-15-16-13(2)22-17-15/h14H,4-12H2,1-3H3/t14-/m0/s1. The molecular formula is C15H28N4O3S. The quantitative estimate of drug-likeness (QED) is 0.750. The highest BCUT2D eigenvalue weighted by Gasteiger charge is 2.27. The van der Waals surface area contributed by atoms with E-state index in [1.54, 1.807) is 11.2 Å². The van der Waals surface area contributed by atoms with Gasteiger partial charge in [-0.1, -0.05) is 18.5 Å². The fourth-order valence-electron chi connectivity index (χ4n) is 2.98. The van der Waals surface area contributed by atoms with Crippen molar-refractivity contribution in [1.29, 1.82) is 0 Å². The van der Waals surface area contributed by atoms with Crippen LogP contribution in [0.2, 0.25) is 0 Å². The third-order valence-corrected chi connectivity index (χ3v) is 6.35. The Morgan fingerprint density at radius 1 is 1.35 bits per heavy atom. The summed E-state index contributed by atoms with van der Waals surface area (Å²) in [7, 11) is -1.06. The zero-order chi connectivity index (χ0) is 16.9. The van der Waals surface area contributed by atoms with Crippen molar-refractivity contribution in [3.05, 3.63) is 11.7 Å². The molecule has 0 aliphatic carbocycles. The van der Waals surface area contributed by atoms with Crippen molar-refractivity contribution in [3.63, 3.8) is 0 Å². The molecule has 1 fully saturated rings. The maximum Gasteiger partial charge on any atom is 0.223 e. The van der Waals surface area contributed by atoms with Crippen LogP contribution in [-0.4, -0.2) is 59.7 Å². The second-order valence-corrected chi connectivity index (χ2v) is 8.39. The molecule has 2 rings (SSSR count). The zero-order valence-electron chi connectivity index (χ0n) is 14.4. The Morgan fingerprint density at radius 2 is 2.13 bits per heavy atom. The van der Waals surface area contributed by atoms with Crippen LogP contribution in [-0.2, 0) is 16.6 Å². The summed E-state index contributed by atoms with van der Waals surface area (Å²) in [6.07, 6.45) is 4.37. The van der Waals surface area contributed by atoms with E-state index in [2.05, 4.69) is 15.0 Å². The maximum atomic E-state index is 12.3. The summed E-state index contributed by atoms with van der Waals surface area (Å²) in [5.41, 5.74) is 0. The van der Waals surface area contributed by atoms with E-state index in [1.807, 2.05) is 14.0 Å². The van der Waals surface area contributed by atoms with Crippen molar-refractivity contribution in [2.24, 2.45) is 0 Å². The molecule has 1 atom stereocenters. The van der Waals surface area contributed by atoms with Crippen LogP contribution in [0.3, 0.4) is 0 Å². The van der Waals surface area contributed by atoms with E-state index in [-0.39, 0.29) is 5.75 Å². The lowest BCUT2D eigenvalue weighted by molar-refractivity contribution is 0.207. The minimum Gasteiger partial charge on any atom is -0.340 e. The second-order valence-electron chi connectivity index (χ2n) is 6.30. The summed E-state index contributed by atoms with van der Waals surface area (Å²) in [5.74, 6) is 1.52. The van der Waals surface area contributed by atoms with Crippen LogP contribution in [0, 0.1) is 6.92 Å². The zero-order valence-corrected chi connectivity index (χ0v) is 15.2. The van der Waals surface area contributed by atoms with E-state index < -0.39 is 10.0 Å². The van der Waals surface area contributed by atoms with Gasteiger partial charge in [-0.05, 0) is 32.7 Å². The van der Waals surface area contributed by atoms with Crippen LogP contribution in [0.4, 0.5) is 0 Å². The summed E-state index contributed by atoms with van der Waals surface area (Å²) in [5, 5.41) is 3.93. The number of rotatable bonds is 7. The molecule has 0 bridgehead atoms. The van der Waals surface area contributed by atoms with Crippen molar-refractivity contribution < 1.29 is 12.9 Å². The number of nitrogens with zero attached hydrogens (tertiary/aromatic N) is 4. The average Bonchev–Trinajstić information content (AvgIpc) is 2.77. The van der Waals surface area contributed by atoms with E-state index in [9.17, 15) is 8.42 Å². The lowest BCUT2D eigenvalue weighted by Gasteiger charge is -2.26. The molecule has 0 radical (unpaired) electrons. The minimum atomic E-state index is -3.10. The second kappa shape index (κ2) is 8.21. The van der Waals surface area contributed by atoms with Gasteiger partial charge in [0.1, 0.15) is 0 Å². The van der Waals surface area contributed by atoms with Crippen LogP contribution in [0.25, 0.3) is 0 Å². The number of sulfonamides is 1. The topological polar surface area (TPSA) is 79.5 Å². The molecule has 1 aromatic heterocycles. The van der Waals surface area contributed by atoms with E-state index in [1.165, 1.54) is 0 Å². The van der Waals surface area contributed by atoms with Gasteiger partial charge in [-0.25, -0.2) is 12.7 Å². The number of hydrogen-bond donors (Lipinski definition) is 0. The molecule has 1 aliphatic rings. The third kappa shape index (κ3) is 5.26. The Bertz CT molecular complexity index is 587. The molecule has 0 unspecified atom stereocenters. The molecule has 0 spiro atoms. The summed E-state index contributed by atoms with van der Waals surface area (Å²) in [6, 6.07) is 0.347. The highest BCUT2D eigenvalue weighted by Crippen LogP contribution is 2.19. The van der Waals surface area contributed by atoms with Gasteiger partial charge in [0.15, 0.2) is 5.82 Å². The molecule has 8 heteroatoms. The molecule has 132 valence electrons. The van der Waals surface area contributed by atoms with E-state index in [0.29, 0.717) is 37.4 Å². The SMILES string of the molecule is CCCCS(=O)(=O)N1CCC[C@H](N(C)Cc2noc(C)n2)CC1. The monoisotopic (exact) mass is 344 g/mol. The van der Waals surface area contributed by atoms with Gasteiger partial charge in [0.2, 0.25) is 15.9 Å². The van der Waals surface area contributed by atoms with Gasteiger partial charge in [0.05, 0.1) is 12.3 Å². The fourth-order valence-corrected chi connectivity index (χ4v) is 4.69. The molecule has 2 heterocycles. The Kier molecular flexibility index (Phi) is 6.55. The molecule has 0 aromatic carbocycles. The van der Waals surface area contributed by atoms with E-state index in [0.717, 1.165) is 32.1 Å². The minimum absolute atomic E-state index is 0.270. The third-order valence-electron chi connectivity index (χ3n) is 4.39. The fraction of sp³-hybridized carbons (Fsp3) is 0.867. The van der Waals surface area contributed by atoms with Gasteiger partial charge in [0, 0.05) is 26.1 Å². The molecule has 1 aromatic rings. The first-order valence-electron chi connectivity index (χ1n) is 8.39. The molecule has 0 saturated carbocycles. The molecule has 23 heavy (non-hydrogen) atoms. The Hall–Kier alpha value is -0.990. The van der Waals surface area contributed by atoms with Crippen LogP contribution < -0.4 is 0 Å². The first-order chi connectivity index (χ1) is 10.9. The Morgan fingerprint density at radius 3 is 2.78 bits per heavy atom. The van der Waals surface area contributed by atoms with Crippen molar-refractivity contribution >= 4 is 10.0 Å². The summed E-state index contributed by atoms with van der Waals surface area (Å²) >= 11 is 0. The van der Waals surface area contributed by atoms with Crippen molar-refractivity contribution in [2.75, 3.05) is 25.9 Å². The molecule has 1 saturated heterocycles. The predicted octanol–water partition coefficient (Wildman–Crippen LogP) is 1.79. The van der Waals surface area contributed by atoms with Crippen LogP contribution in [0.5, 0.6) is 0 Å². The van der Waals surface area contributed by atoms with Gasteiger partial charge in [-0.2, -0.15) is 4.98 Å². The first-order valence-corrected chi connectivity index (χ1v) is 10.0. The van der Waals surface area contributed by atoms with Crippen molar-refractivity contribution in [3.8, 4) is 0 Å². The summed E-state index contributed by atoms with van der Waals surface area (Å²) in [4.78, 5) is 6.43. The molecule has 1 aliphatic heterocycles. The Balaban J connectivity index is 1.90. The number of aryl methyl sites for hydroxylation is 1. The van der Waals surface area contributed by atoms with Gasteiger partial charge < -0.3 is 4.52 Å². The van der Waals surface area contributed by atoms with Gasteiger partial charge in [-0.3, -0.25) is 4.90 Å². The van der Waals surface area contributed by atoms with Crippen LogP contribution >= 0.6 is 0 Å². The number of unbranched alkanes of at least 4 members (excludes halogenated alkanes) is 1. The summed E-state index contributed by atoms with van der Waals surface area (Å²) < 4.78 is 31.4. The Labute approximate surface area is 139 Å². The normalized spacial score (nSPS) is 20.8. The maximum absolute atomic E-state index is 12.3. The average molecular weight is 344 g/mol. The van der Waals surface area contributed by atoms with E-state index >= 15 is 0 Å². The van der Waals surface area contributed by atoms with Crippen LogP contribution in [0.1, 0.15) is 50.7 Å². The predicted molar refractivity (Wildman–Crippen MR) is 88.4 cm³/mol. The number of hydrogen-bond acceptors (Lipinski definition) is 6. The van der Waals surface area contributed by atoms with Crippen molar-refractivity contribution in [1.82, 2.24) is 19.3 Å². The highest BCUT2D eigenvalue weighted by atomic mass is 32.2. The lowest BCUT2D eigenvalue weighted by Crippen LogP contribution is -2.36. The first kappa shape index (κ1) is 18.4. The highest BCUT2D eigenvalue weighted by molar-refractivity contribution is 7.89. The van der Waals surface area contributed by atoms with Gasteiger partial charge in [-0.15, -0.1) is 0 Å². The molecule has 0 amide bonds. The van der Waals surface area contributed by atoms with E-state index in [4.69, 9.17) is 4.52 Å². The molecule has 7 nitrogen and oxygen atoms in total. The van der Waals surface area contributed by atoms with Gasteiger partial charge in [0.25, 0.3) is 0 Å². The summed E-state index contributed by atoms with van der Waals surface area (Å²) in [6.45, 7) is 5.67. The largest absolute Gasteiger partial charge is 0.340 e. The smallest absolute Gasteiger partial charge is 0.223 e. The molecule has 0 N–H and O–H groups in total.